The van der Waals surface area contributed by atoms with Crippen LogP contribution in [0.4, 0.5) is 17.1 Å². The van der Waals surface area contributed by atoms with Gasteiger partial charge in [-0.3, -0.25) is 39.9 Å². The van der Waals surface area contributed by atoms with Crippen LogP contribution in [0.3, 0.4) is 0 Å². The number of rotatable bonds is 7. The summed E-state index contributed by atoms with van der Waals surface area (Å²) in [6, 6.07) is 3.42. The smallest absolute Gasteiger partial charge is 0.284 e. The van der Waals surface area contributed by atoms with Gasteiger partial charge in [0.25, 0.3) is 23.0 Å². The maximum absolute atomic E-state index is 12.8. The summed E-state index contributed by atoms with van der Waals surface area (Å²) < 4.78 is 0. The van der Waals surface area contributed by atoms with Gasteiger partial charge >= 0.3 is 0 Å². The normalized spacial score (nSPS) is 11.6. The Hall–Kier alpha value is -4.22. The summed E-state index contributed by atoms with van der Waals surface area (Å²) in [5.74, 6) is -1.60. The SMILES string of the molecule is CCCCNC(=O)c1cc([N+](=O)[O-])cc2c1-c1c(cc([N+](=O)[O-])cc1[N+](=O)[O-])C2=O. The highest BCUT2D eigenvalue weighted by atomic mass is 16.6. The molecule has 0 fully saturated rings. The highest BCUT2D eigenvalue weighted by molar-refractivity contribution is 6.26. The number of hydrogen-bond acceptors (Lipinski definition) is 8. The van der Waals surface area contributed by atoms with Crippen LogP contribution in [0.1, 0.15) is 46.0 Å². The summed E-state index contributed by atoms with van der Waals surface area (Å²) in [5.41, 5.74) is -3.28. The van der Waals surface area contributed by atoms with E-state index in [9.17, 15) is 39.9 Å². The van der Waals surface area contributed by atoms with Crippen molar-refractivity contribution >= 4 is 28.8 Å². The number of fused-ring (bicyclic) bond motifs is 3. The van der Waals surface area contributed by atoms with Crippen molar-refractivity contribution in [1.82, 2.24) is 5.32 Å². The van der Waals surface area contributed by atoms with Gasteiger partial charge in [0.05, 0.1) is 32.0 Å². The molecule has 154 valence electrons. The molecule has 0 bridgehead atoms. The van der Waals surface area contributed by atoms with Crippen LogP contribution in [0.2, 0.25) is 0 Å². The molecule has 12 heteroatoms. The first-order valence-corrected chi connectivity index (χ1v) is 8.79. The summed E-state index contributed by atoms with van der Waals surface area (Å²) in [6.07, 6.45) is 1.40. The lowest BCUT2D eigenvalue weighted by atomic mass is 9.96. The number of nitro groups is 3. The molecule has 0 heterocycles. The van der Waals surface area contributed by atoms with Crippen LogP contribution in [0.15, 0.2) is 24.3 Å². The maximum atomic E-state index is 12.8. The van der Waals surface area contributed by atoms with E-state index in [4.69, 9.17) is 0 Å². The van der Waals surface area contributed by atoms with E-state index in [1.165, 1.54) is 0 Å². The molecule has 12 nitrogen and oxygen atoms in total. The Labute approximate surface area is 168 Å². The minimum atomic E-state index is -0.894. The second-order valence-electron chi connectivity index (χ2n) is 6.51. The monoisotopic (exact) mass is 414 g/mol. The summed E-state index contributed by atoms with van der Waals surface area (Å²) in [5, 5.41) is 36.6. The fourth-order valence-corrected chi connectivity index (χ4v) is 3.28. The van der Waals surface area contributed by atoms with Crippen LogP contribution in [-0.4, -0.2) is 33.0 Å². The Morgan fingerprint density at radius 1 is 0.900 bits per heavy atom. The third kappa shape index (κ3) is 3.34. The fraction of sp³-hybridized carbons (Fsp3) is 0.222. The van der Waals surface area contributed by atoms with Gasteiger partial charge in [0, 0.05) is 41.4 Å². The largest absolute Gasteiger partial charge is 0.352 e. The minimum absolute atomic E-state index is 0.142. The van der Waals surface area contributed by atoms with E-state index in [1.807, 2.05) is 6.92 Å². The number of hydrogen-bond donors (Lipinski definition) is 1. The van der Waals surface area contributed by atoms with Crippen molar-refractivity contribution in [3.8, 4) is 11.1 Å². The number of benzene rings is 2. The molecular weight excluding hydrogens is 400 g/mol. The van der Waals surface area contributed by atoms with Crippen LogP contribution >= 0.6 is 0 Å². The van der Waals surface area contributed by atoms with Crippen LogP contribution < -0.4 is 5.32 Å². The number of carbonyl (C=O) groups is 2. The summed E-state index contributed by atoms with van der Waals surface area (Å²) in [4.78, 5) is 57.0. The lowest BCUT2D eigenvalue weighted by Crippen LogP contribution is -2.25. The van der Waals surface area contributed by atoms with Crippen LogP contribution in [0.25, 0.3) is 11.1 Å². The van der Waals surface area contributed by atoms with Gasteiger partial charge in [-0.25, -0.2) is 0 Å². The third-order valence-electron chi connectivity index (χ3n) is 4.64. The first-order valence-electron chi connectivity index (χ1n) is 8.79. The van der Waals surface area contributed by atoms with Gasteiger partial charge < -0.3 is 5.32 Å². The Kier molecular flexibility index (Phi) is 5.24. The average molecular weight is 414 g/mol. The quantitative estimate of drug-likeness (QED) is 0.348. The number of carbonyl (C=O) groups excluding carboxylic acids is 2. The van der Waals surface area contributed by atoms with Crippen molar-refractivity contribution in [2.45, 2.75) is 19.8 Å². The Morgan fingerprint density at radius 3 is 2.00 bits per heavy atom. The van der Waals surface area contributed by atoms with E-state index in [2.05, 4.69) is 5.32 Å². The van der Waals surface area contributed by atoms with E-state index in [1.54, 1.807) is 0 Å². The van der Waals surface area contributed by atoms with Gasteiger partial charge in [-0.05, 0) is 6.42 Å². The molecule has 0 unspecified atom stereocenters. The molecule has 3 rings (SSSR count). The number of unbranched alkanes of at least 4 members (excludes halogenated alkanes) is 1. The predicted octanol–water partition coefficient (Wildman–Crippen LogP) is 3.15. The molecule has 2 aromatic rings. The Morgan fingerprint density at radius 2 is 1.47 bits per heavy atom. The maximum Gasteiger partial charge on any atom is 0.284 e. The molecule has 1 aliphatic carbocycles. The number of nitrogens with zero attached hydrogens (tertiary/aromatic N) is 3. The molecule has 1 N–H and O–H groups in total. The topological polar surface area (TPSA) is 176 Å². The summed E-state index contributed by atoms with van der Waals surface area (Å²) >= 11 is 0. The van der Waals surface area contributed by atoms with Crippen LogP contribution in [0, 0.1) is 30.3 Å². The van der Waals surface area contributed by atoms with Gasteiger partial charge in [-0.1, -0.05) is 13.3 Å². The number of nitro benzene ring substituents is 3. The molecule has 0 atom stereocenters. The molecule has 0 aliphatic heterocycles. The van der Waals surface area contributed by atoms with Crippen molar-refractivity contribution in [3.05, 3.63) is 71.3 Å². The summed E-state index contributed by atoms with van der Waals surface area (Å²) in [7, 11) is 0. The zero-order chi connectivity index (χ0) is 22.2. The van der Waals surface area contributed by atoms with Crippen molar-refractivity contribution in [1.29, 1.82) is 0 Å². The molecule has 0 saturated heterocycles. The van der Waals surface area contributed by atoms with Crippen molar-refractivity contribution in [2.75, 3.05) is 6.54 Å². The number of ketones is 1. The van der Waals surface area contributed by atoms with Gasteiger partial charge in [0.1, 0.15) is 0 Å². The highest BCUT2D eigenvalue weighted by Gasteiger charge is 2.40. The van der Waals surface area contributed by atoms with Gasteiger partial charge in [-0.2, -0.15) is 0 Å². The number of nitrogens with one attached hydrogen (secondary N) is 1. The molecule has 1 aliphatic rings. The molecular formula is C18H14N4O8. The predicted molar refractivity (Wildman–Crippen MR) is 103 cm³/mol. The van der Waals surface area contributed by atoms with E-state index < -0.39 is 43.5 Å². The Bertz CT molecular complexity index is 1140. The first kappa shape index (κ1) is 20.5. The van der Waals surface area contributed by atoms with E-state index in [-0.39, 0.29) is 34.4 Å². The van der Waals surface area contributed by atoms with Gasteiger partial charge in [0.2, 0.25) is 0 Å². The van der Waals surface area contributed by atoms with Gasteiger partial charge in [0.15, 0.2) is 5.78 Å². The zero-order valence-corrected chi connectivity index (χ0v) is 15.5. The van der Waals surface area contributed by atoms with E-state index >= 15 is 0 Å². The highest BCUT2D eigenvalue weighted by Crippen LogP contribution is 2.47. The molecule has 0 aromatic heterocycles. The molecule has 0 saturated carbocycles. The molecule has 0 spiro atoms. The van der Waals surface area contributed by atoms with E-state index in [0.29, 0.717) is 12.5 Å². The van der Waals surface area contributed by atoms with E-state index in [0.717, 1.165) is 24.6 Å². The number of non-ortho nitro benzene ring substituents is 2. The third-order valence-corrected chi connectivity index (χ3v) is 4.64. The standard InChI is InChI=1S/C18H14N4O8/c1-2-3-4-19-18(24)13-7-9(20(25)26)5-11-15(13)16-12(17(11)23)6-10(21(27)28)8-14(16)22(29)30/h5-8H,2-4H2,1H3,(H,19,24). The molecule has 30 heavy (non-hydrogen) atoms. The molecule has 2 aromatic carbocycles. The number of amides is 1. The zero-order valence-electron chi connectivity index (χ0n) is 15.5. The lowest BCUT2D eigenvalue weighted by Gasteiger charge is -2.10. The lowest BCUT2D eigenvalue weighted by molar-refractivity contribution is -0.393. The minimum Gasteiger partial charge on any atom is -0.352 e. The van der Waals surface area contributed by atoms with Crippen LogP contribution in [-0.2, 0) is 0 Å². The average Bonchev–Trinajstić information content (AvgIpc) is 2.99. The molecule has 0 radical (unpaired) electrons. The van der Waals surface area contributed by atoms with Gasteiger partial charge in [-0.15, -0.1) is 0 Å². The summed E-state index contributed by atoms with van der Waals surface area (Å²) in [6.45, 7) is 2.15. The second kappa shape index (κ2) is 7.66. The Balaban J connectivity index is 2.32. The van der Waals surface area contributed by atoms with Crippen molar-refractivity contribution in [2.24, 2.45) is 0 Å². The first-order chi connectivity index (χ1) is 14.2. The van der Waals surface area contributed by atoms with Crippen LogP contribution in [0.5, 0.6) is 0 Å². The second-order valence-corrected chi connectivity index (χ2v) is 6.51. The van der Waals surface area contributed by atoms with Crippen molar-refractivity contribution < 1.29 is 24.4 Å². The molecule has 1 amide bonds. The fourth-order valence-electron chi connectivity index (χ4n) is 3.28. The van der Waals surface area contributed by atoms with Crippen molar-refractivity contribution in [3.63, 3.8) is 0 Å².